The van der Waals surface area contributed by atoms with E-state index in [0.29, 0.717) is 11.1 Å². The molecule has 222 valence electrons. The number of hydrogen-bond acceptors (Lipinski definition) is 2. The quantitative estimate of drug-likeness (QED) is 0.199. The van der Waals surface area contributed by atoms with Crippen molar-refractivity contribution in [3.05, 3.63) is 169 Å². The Morgan fingerprint density at radius 3 is 1.38 bits per heavy atom. The maximum Gasteiger partial charge on any atom is 0.101 e. The third-order valence-electron chi connectivity index (χ3n) is 9.43. The molecule has 0 amide bonds. The second-order valence-corrected chi connectivity index (χ2v) is 11.9. The van der Waals surface area contributed by atoms with E-state index < -0.39 is 0 Å². The predicted molar refractivity (Wildman–Crippen MR) is 195 cm³/mol. The van der Waals surface area contributed by atoms with Crippen molar-refractivity contribution < 1.29 is 0 Å². The Balaban J connectivity index is 1.29. The minimum atomic E-state index is 0.536. The molecule has 4 heteroatoms. The van der Waals surface area contributed by atoms with E-state index in [-0.39, 0.29) is 0 Å². The number of fused-ring (bicyclic) bond motifs is 6. The predicted octanol–water partition coefficient (Wildman–Crippen LogP) is 11.0. The second kappa shape index (κ2) is 10.9. The first kappa shape index (κ1) is 27.4. The molecular formula is C44H26N4. The number of rotatable bonds is 4. The van der Waals surface area contributed by atoms with Crippen LogP contribution in [0.1, 0.15) is 11.1 Å². The Kier molecular flexibility index (Phi) is 6.22. The molecule has 2 heterocycles. The Bertz CT molecular complexity index is 2710. The number of nitrogens with zero attached hydrogens (tertiary/aromatic N) is 4. The van der Waals surface area contributed by atoms with Gasteiger partial charge in [0, 0.05) is 32.7 Å². The molecule has 0 spiro atoms. The van der Waals surface area contributed by atoms with Crippen molar-refractivity contribution >= 4 is 43.6 Å². The number of para-hydroxylation sites is 5. The molecule has 0 radical (unpaired) electrons. The van der Waals surface area contributed by atoms with Crippen molar-refractivity contribution in [2.75, 3.05) is 0 Å². The van der Waals surface area contributed by atoms with Gasteiger partial charge < -0.3 is 9.13 Å². The maximum absolute atomic E-state index is 10.6. The van der Waals surface area contributed by atoms with E-state index >= 15 is 0 Å². The first-order valence-corrected chi connectivity index (χ1v) is 15.9. The number of nitriles is 2. The lowest BCUT2D eigenvalue weighted by molar-refractivity contribution is 1.17. The average molecular weight is 611 g/mol. The summed E-state index contributed by atoms with van der Waals surface area (Å²) in [5.41, 5.74) is 10.8. The molecule has 0 N–H and O–H groups in total. The van der Waals surface area contributed by atoms with Crippen LogP contribution in [-0.4, -0.2) is 9.13 Å². The molecule has 2 aromatic heterocycles. The molecule has 0 unspecified atom stereocenters. The van der Waals surface area contributed by atoms with Gasteiger partial charge in [0.15, 0.2) is 0 Å². The van der Waals surface area contributed by atoms with Gasteiger partial charge in [0.2, 0.25) is 0 Å². The Labute approximate surface area is 277 Å². The van der Waals surface area contributed by atoms with E-state index in [2.05, 4.69) is 118 Å². The van der Waals surface area contributed by atoms with Crippen molar-refractivity contribution in [2.45, 2.75) is 0 Å². The molecule has 0 saturated carbocycles. The SMILES string of the molecule is N#Cc1cc(-c2c(C#N)cccc2-c2ccccc2-n2c3ccccc3c3ccccc32)ccc1-n1c2ccccc2c2ccccc21. The van der Waals surface area contributed by atoms with Crippen LogP contribution in [0.5, 0.6) is 0 Å². The molecule has 0 fully saturated rings. The summed E-state index contributed by atoms with van der Waals surface area (Å²) in [6.07, 6.45) is 0. The summed E-state index contributed by atoms with van der Waals surface area (Å²) in [6.45, 7) is 0. The van der Waals surface area contributed by atoms with E-state index in [0.717, 1.165) is 66.5 Å². The van der Waals surface area contributed by atoms with Crippen LogP contribution in [-0.2, 0) is 0 Å². The van der Waals surface area contributed by atoms with Crippen molar-refractivity contribution in [3.8, 4) is 45.8 Å². The van der Waals surface area contributed by atoms with E-state index in [1.165, 1.54) is 10.8 Å². The molecule has 0 atom stereocenters. The third kappa shape index (κ3) is 4.01. The molecule has 48 heavy (non-hydrogen) atoms. The summed E-state index contributed by atoms with van der Waals surface area (Å²) in [4.78, 5) is 0. The van der Waals surface area contributed by atoms with Gasteiger partial charge in [0.25, 0.3) is 0 Å². The molecule has 0 bridgehead atoms. The standard InChI is InChI=1S/C44H26N4/c45-27-30-12-11-18-37(36-17-5-10-23-43(36)48-41-21-8-3-15-34(41)35-16-4-9-22-42(35)48)44(30)29-24-25-38(31(26-29)28-46)47-39-19-6-1-13-32(39)33-14-2-7-20-40(33)47/h1-26H. The smallest absolute Gasteiger partial charge is 0.101 e. The zero-order chi connectivity index (χ0) is 32.2. The van der Waals surface area contributed by atoms with Crippen molar-refractivity contribution in [1.29, 1.82) is 10.5 Å². The number of benzene rings is 7. The lowest BCUT2D eigenvalue weighted by atomic mass is 9.89. The third-order valence-corrected chi connectivity index (χ3v) is 9.43. The van der Waals surface area contributed by atoms with Gasteiger partial charge in [0.1, 0.15) is 6.07 Å². The van der Waals surface area contributed by atoms with Crippen molar-refractivity contribution in [1.82, 2.24) is 9.13 Å². The summed E-state index contributed by atoms with van der Waals surface area (Å²) in [5, 5.41) is 25.7. The lowest BCUT2D eigenvalue weighted by Crippen LogP contribution is -2.00. The van der Waals surface area contributed by atoms with Gasteiger partial charge in [-0.15, -0.1) is 0 Å². The van der Waals surface area contributed by atoms with Crippen molar-refractivity contribution in [2.24, 2.45) is 0 Å². The van der Waals surface area contributed by atoms with Gasteiger partial charge in [-0.2, -0.15) is 10.5 Å². The molecule has 9 rings (SSSR count). The highest BCUT2D eigenvalue weighted by atomic mass is 15.0. The van der Waals surface area contributed by atoms with Gasteiger partial charge in [-0.25, -0.2) is 0 Å². The maximum atomic E-state index is 10.6. The van der Waals surface area contributed by atoms with Gasteiger partial charge in [-0.1, -0.05) is 109 Å². The fraction of sp³-hybridized carbons (Fsp3) is 0. The van der Waals surface area contributed by atoms with Crippen LogP contribution in [0.4, 0.5) is 0 Å². The van der Waals surface area contributed by atoms with E-state index in [1.807, 2.05) is 60.7 Å². The summed E-state index contributed by atoms with van der Waals surface area (Å²) in [5.74, 6) is 0. The Morgan fingerprint density at radius 1 is 0.375 bits per heavy atom. The monoisotopic (exact) mass is 610 g/mol. The van der Waals surface area contributed by atoms with Crippen LogP contribution >= 0.6 is 0 Å². The van der Waals surface area contributed by atoms with Gasteiger partial charge >= 0.3 is 0 Å². The summed E-state index contributed by atoms with van der Waals surface area (Å²) in [7, 11) is 0. The van der Waals surface area contributed by atoms with Crippen LogP contribution in [0.2, 0.25) is 0 Å². The molecular weight excluding hydrogens is 585 g/mol. The van der Waals surface area contributed by atoms with E-state index in [1.54, 1.807) is 0 Å². The highest BCUT2D eigenvalue weighted by Gasteiger charge is 2.21. The van der Waals surface area contributed by atoms with Gasteiger partial charge in [0.05, 0.1) is 50.6 Å². The fourth-order valence-corrected chi connectivity index (χ4v) is 7.42. The minimum absolute atomic E-state index is 0.536. The van der Waals surface area contributed by atoms with Gasteiger partial charge in [-0.3, -0.25) is 0 Å². The van der Waals surface area contributed by atoms with Crippen LogP contribution < -0.4 is 0 Å². The Morgan fingerprint density at radius 2 is 0.833 bits per heavy atom. The molecule has 9 aromatic rings. The number of hydrogen-bond donors (Lipinski definition) is 0. The van der Waals surface area contributed by atoms with Crippen molar-refractivity contribution in [3.63, 3.8) is 0 Å². The zero-order valence-corrected chi connectivity index (χ0v) is 25.8. The summed E-state index contributed by atoms with van der Waals surface area (Å²) < 4.78 is 4.48. The summed E-state index contributed by atoms with van der Waals surface area (Å²) in [6, 6.07) is 58.7. The van der Waals surface area contributed by atoms with Gasteiger partial charge in [-0.05, 0) is 59.7 Å². The normalized spacial score (nSPS) is 11.3. The highest BCUT2D eigenvalue weighted by Crippen LogP contribution is 2.42. The molecule has 4 nitrogen and oxygen atoms in total. The minimum Gasteiger partial charge on any atom is -0.309 e. The first-order chi connectivity index (χ1) is 23.8. The first-order valence-electron chi connectivity index (χ1n) is 15.9. The summed E-state index contributed by atoms with van der Waals surface area (Å²) >= 11 is 0. The second-order valence-electron chi connectivity index (χ2n) is 11.9. The van der Waals surface area contributed by atoms with Crippen LogP contribution in [0.3, 0.4) is 0 Å². The van der Waals surface area contributed by atoms with E-state index in [9.17, 15) is 10.5 Å². The molecule has 0 saturated heterocycles. The molecule has 7 aromatic carbocycles. The fourth-order valence-electron chi connectivity index (χ4n) is 7.42. The molecule has 0 aliphatic carbocycles. The highest BCUT2D eigenvalue weighted by molar-refractivity contribution is 6.11. The lowest BCUT2D eigenvalue weighted by Gasteiger charge is -2.18. The molecule has 0 aliphatic heterocycles. The van der Waals surface area contributed by atoms with Crippen LogP contribution in [0, 0.1) is 22.7 Å². The topological polar surface area (TPSA) is 57.4 Å². The van der Waals surface area contributed by atoms with Crippen LogP contribution in [0.15, 0.2) is 158 Å². The molecule has 0 aliphatic rings. The van der Waals surface area contributed by atoms with Crippen LogP contribution in [0.25, 0.3) is 77.2 Å². The largest absolute Gasteiger partial charge is 0.309 e. The Hall–Kier alpha value is -6.88. The van der Waals surface area contributed by atoms with E-state index in [4.69, 9.17) is 0 Å². The average Bonchev–Trinajstić information content (AvgIpc) is 3.67. The zero-order valence-electron chi connectivity index (χ0n) is 25.8. The number of aromatic nitrogens is 2.